The third-order valence-corrected chi connectivity index (χ3v) is 4.21. The zero-order valence-electron chi connectivity index (χ0n) is 14.4. The van der Waals surface area contributed by atoms with E-state index in [0.717, 1.165) is 5.56 Å². The van der Waals surface area contributed by atoms with Crippen LogP contribution in [0.2, 0.25) is 0 Å². The molecular formula is C24H17BrMg. The predicted molar refractivity (Wildman–Crippen MR) is 107 cm³/mol. The van der Waals surface area contributed by atoms with Gasteiger partial charge in [-0.1, -0.05) is 113 Å². The fraction of sp³-hybridized carbons (Fsp3) is 0. The largest absolute Gasteiger partial charge is 2.00 e. The van der Waals surface area contributed by atoms with Crippen molar-refractivity contribution in [1.29, 1.82) is 0 Å². The topological polar surface area (TPSA) is 0 Å². The molecule has 0 fully saturated rings. The number of halogens is 1. The van der Waals surface area contributed by atoms with Crippen LogP contribution in [0.4, 0.5) is 0 Å². The second kappa shape index (κ2) is 9.72. The van der Waals surface area contributed by atoms with Crippen LogP contribution in [0.1, 0.15) is 0 Å². The van der Waals surface area contributed by atoms with E-state index in [9.17, 15) is 0 Å². The van der Waals surface area contributed by atoms with Crippen molar-refractivity contribution in [2.75, 3.05) is 0 Å². The average Bonchev–Trinajstić information content (AvgIpc) is 2.69. The van der Waals surface area contributed by atoms with E-state index < -0.39 is 0 Å². The van der Waals surface area contributed by atoms with Crippen molar-refractivity contribution in [3.63, 3.8) is 0 Å². The standard InChI is InChI=1S/C24H17.BrH.Mg/c1-4-11-19(12-5-1)22-17-10-18-23(20-13-6-2-7-14-20)24(22)21-15-8-3-9-16-21;;/h1-17H;1H;/q-1;;+2/p-1. The summed E-state index contributed by atoms with van der Waals surface area (Å²) in [5, 5.41) is 0. The number of benzene rings is 4. The molecule has 0 aromatic heterocycles. The normalized spacial score (nSPS) is 9.69. The minimum Gasteiger partial charge on any atom is -1.00 e. The smallest absolute Gasteiger partial charge is 1.00 e. The van der Waals surface area contributed by atoms with E-state index in [0.29, 0.717) is 0 Å². The van der Waals surface area contributed by atoms with Crippen molar-refractivity contribution in [2.24, 2.45) is 0 Å². The molecule has 0 radical (unpaired) electrons. The van der Waals surface area contributed by atoms with Crippen LogP contribution in [0, 0.1) is 6.07 Å². The van der Waals surface area contributed by atoms with Crippen LogP contribution in [0.15, 0.2) is 103 Å². The maximum atomic E-state index is 3.46. The molecule has 4 rings (SSSR count). The number of rotatable bonds is 3. The summed E-state index contributed by atoms with van der Waals surface area (Å²) in [6.45, 7) is 0. The van der Waals surface area contributed by atoms with Crippen molar-refractivity contribution in [1.82, 2.24) is 0 Å². The molecule has 0 spiro atoms. The molecule has 0 heterocycles. The van der Waals surface area contributed by atoms with E-state index in [1.165, 1.54) is 27.8 Å². The molecule has 0 bridgehead atoms. The van der Waals surface area contributed by atoms with Crippen LogP contribution in [-0.2, 0) is 0 Å². The minimum atomic E-state index is 0. The fourth-order valence-corrected chi connectivity index (χ4v) is 3.09. The molecule has 4 aromatic rings. The summed E-state index contributed by atoms with van der Waals surface area (Å²) in [4.78, 5) is 0. The Morgan fingerprint density at radius 3 is 1.50 bits per heavy atom. The van der Waals surface area contributed by atoms with E-state index >= 15 is 0 Å². The Hall–Kier alpha value is -1.87. The molecule has 4 aromatic carbocycles. The molecule has 0 atom stereocenters. The molecule has 0 unspecified atom stereocenters. The van der Waals surface area contributed by atoms with Crippen molar-refractivity contribution >= 4 is 23.1 Å². The molecule has 0 saturated heterocycles. The molecule has 0 N–H and O–H groups in total. The summed E-state index contributed by atoms with van der Waals surface area (Å²) in [6.07, 6.45) is 0. The second-order valence-corrected chi connectivity index (χ2v) is 5.74. The zero-order chi connectivity index (χ0) is 16.2. The van der Waals surface area contributed by atoms with Gasteiger partial charge < -0.3 is 17.0 Å². The van der Waals surface area contributed by atoms with E-state index in [1.807, 2.05) is 12.1 Å². The second-order valence-electron chi connectivity index (χ2n) is 5.74. The molecule has 122 valence electrons. The van der Waals surface area contributed by atoms with E-state index in [4.69, 9.17) is 0 Å². The maximum absolute atomic E-state index is 3.46. The van der Waals surface area contributed by atoms with Gasteiger partial charge in [-0.3, -0.25) is 0 Å². The van der Waals surface area contributed by atoms with Gasteiger partial charge >= 0.3 is 23.1 Å². The van der Waals surface area contributed by atoms with Crippen LogP contribution in [0.25, 0.3) is 33.4 Å². The van der Waals surface area contributed by atoms with Gasteiger partial charge in [-0.15, -0.1) is 23.8 Å². The first-order chi connectivity index (χ1) is 11.9. The first kappa shape index (κ1) is 20.4. The van der Waals surface area contributed by atoms with Crippen molar-refractivity contribution < 1.29 is 17.0 Å². The van der Waals surface area contributed by atoms with E-state index in [-0.39, 0.29) is 40.0 Å². The Morgan fingerprint density at radius 1 is 0.500 bits per heavy atom. The quantitative estimate of drug-likeness (QED) is 0.360. The molecule has 0 nitrogen and oxygen atoms in total. The zero-order valence-corrected chi connectivity index (χ0v) is 17.4. The SMILES string of the molecule is [Br-].[Mg+2].[c-]1ccc(-c2ccccc2)c(-c2ccccc2)c1-c1ccccc1. The Bertz CT molecular complexity index is 878. The molecule has 0 saturated carbocycles. The van der Waals surface area contributed by atoms with E-state index in [1.54, 1.807) is 0 Å². The van der Waals surface area contributed by atoms with Gasteiger partial charge in [0.05, 0.1) is 0 Å². The van der Waals surface area contributed by atoms with Crippen LogP contribution < -0.4 is 17.0 Å². The predicted octanol–water partition coefficient (Wildman–Crippen LogP) is 3.11. The minimum absolute atomic E-state index is 0. The molecule has 2 heteroatoms. The molecule has 0 aliphatic rings. The van der Waals surface area contributed by atoms with Gasteiger partial charge in [-0.05, 0) is 5.56 Å². The molecule has 0 aliphatic carbocycles. The summed E-state index contributed by atoms with van der Waals surface area (Å²) in [7, 11) is 0. The van der Waals surface area contributed by atoms with Crippen LogP contribution in [-0.4, -0.2) is 23.1 Å². The van der Waals surface area contributed by atoms with Gasteiger partial charge in [0.15, 0.2) is 0 Å². The van der Waals surface area contributed by atoms with Gasteiger partial charge in [0.2, 0.25) is 0 Å². The van der Waals surface area contributed by atoms with Crippen LogP contribution in [0.5, 0.6) is 0 Å². The average molecular weight is 410 g/mol. The Balaban J connectivity index is 0.00000121. The van der Waals surface area contributed by atoms with Crippen molar-refractivity contribution in [3.05, 3.63) is 109 Å². The van der Waals surface area contributed by atoms with Crippen LogP contribution >= 0.6 is 0 Å². The monoisotopic (exact) mass is 408 g/mol. The maximum Gasteiger partial charge on any atom is 2.00 e. The first-order valence-corrected chi connectivity index (χ1v) is 8.14. The Morgan fingerprint density at radius 2 is 0.962 bits per heavy atom. The summed E-state index contributed by atoms with van der Waals surface area (Å²) in [5.41, 5.74) is 7.24. The molecular weight excluding hydrogens is 392 g/mol. The number of hydrogen-bond acceptors (Lipinski definition) is 0. The first-order valence-electron chi connectivity index (χ1n) is 8.14. The molecule has 26 heavy (non-hydrogen) atoms. The summed E-state index contributed by atoms with van der Waals surface area (Å²) < 4.78 is 0. The third-order valence-electron chi connectivity index (χ3n) is 4.21. The van der Waals surface area contributed by atoms with Gasteiger partial charge in [0.25, 0.3) is 0 Å². The van der Waals surface area contributed by atoms with Crippen molar-refractivity contribution in [3.8, 4) is 33.4 Å². The van der Waals surface area contributed by atoms with E-state index in [2.05, 4.69) is 97.1 Å². The molecule has 0 aliphatic heterocycles. The van der Waals surface area contributed by atoms with Gasteiger partial charge in [0, 0.05) is 0 Å². The molecule has 0 amide bonds. The van der Waals surface area contributed by atoms with Gasteiger partial charge in [-0.25, -0.2) is 0 Å². The Labute approximate surface area is 181 Å². The van der Waals surface area contributed by atoms with Gasteiger partial charge in [-0.2, -0.15) is 0 Å². The van der Waals surface area contributed by atoms with Crippen LogP contribution in [0.3, 0.4) is 0 Å². The van der Waals surface area contributed by atoms with Gasteiger partial charge in [0.1, 0.15) is 0 Å². The summed E-state index contributed by atoms with van der Waals surface area (Å²) in [6, 6.07) is 39.3. The third kappa shape index (κ3) is 4.26. The fourth-order valence-electron chi connectivity index (χ4n) is 3.09. The van der Waals surface area contributed by atoms with Crippen molar-refractivity contribution in [2.45, 2.75) is 0 Å². The number of hydrogen-bond donors (Lipinski definition) is 0. The Kier molecular flexibility index (Phi) is 7.64. The summed E-state index contributed by atoms with van der Waals surface area (Å²) >= 11 is 0. The summed E-state index contributed by atoms with van der Waals surface area (Å²) in [5.74, 6) is 0.